The molecule has 2 rings (SSSR count). The molecule has 0 amide bonds. The minimum atomic E-state index is 0.0823. The molecule has 1 unspecified atom stereocenters. The van der Waals surface area contributed by atoms with Gasteiger partial charge in [0.05, 0.1) is 13.2 Å². The van der Waals surface area contributed by atoms with Crippen molar-refractivity contribution >= 4 is 0 Å². The van der Waals surface area contributed by atoms with E-state index in [4.69, 9.17) is 9.15 Å². The Hall–Kier alpha value is -1.95. The third-order valence-electron chi connectivity index (χ3n) is 2.98. The SMILES string of the molecule is CCCNC(CC)c1nnc(-c2cccnc2OC)o1. The van der Waals surface area contributed by atoms with Gasteiger partial charge in [0.2, 0.25) is 11.8 Å². The van der Waals surface area contributed by atoms with Crippen LogP contribution in [0.25, 0.3) is 11.5 Å². The van der Waals surface area contributed by atoms with Gasteiger partial charge < -0.3 is 14.5 Å². The second-order valence-electron chi connectivity index (χ2n) is 4.42. The molecule has 0 bridgehead atoms. The summed E-state index contributed by atoms with van der Waals surface area (Å²) in [6.07, 6.45) is 3.62. The summed E-state index contributed by atoms with van der Waals surface area (Å²) in [6, 6.07) is 3.75. The van der Waals surface area contributed by atoms with Crippen LogP contribution in [0.2, 0.25) is 0 Å². The zero-order chi connectivity index (χ0) is 14.4. The number of hydrogen-bond acceptors (Lipinski definition) is 6. The molecule has 0 spiro atoms. The first-order valence-corrected chi connectivity index (χ1v) is 6.86. The molecule has 0 aliphatic rings. The lowest BCUT2D eigenvalue weighted by molar-refractivity contribution is 0.386. The second-order valence-corrected chi connectivity index (χ2v) is 4.42. The van der Waals surface area contributed by atoms with E-state index in [0.717, 1.165) is 19.4 Å². The molecule has 0 aliphatic heterocycles. The summed E-state index contributed by atoms with van der Waals surface area (Å²) in [5.41, 5.74) is 0.707. The topological polar surface area (TPSA) is 73.1 Å². The van der Waals surface area contributed by atoms with Gasteiger partial charge in [-0.25, -0.2) is 4.98 Å². The number of nitrogens with zero attached hydrogens (tertiary/aromatic N) is 3. The van der Waals surface area contributed by atoms with E-state index in [0.29, 0.717) is 23.2 Å². The van der Waals surface area contributed by atoms with E-state index in [1.807, 2.05) is 12.1 Å². The average Bonchev–Trinajstić information content (AvgIpc) is 2.97. The van der Waals surface area contributed by atoms with Crippen LogP contribution in [0.3, 0.4) is 0 Å². The smallest absolute Gasteiger partial charge is 0.253 e. The van der Waals surface area contributed by atoms with Crippen molar-refractivity contribution in [3.05, 3.63) is 24.2 Å². The summed E-state index contributed by atoms with van der Waals surface area (Å²) in [7, 11) is 1.57. The van der Waals surface area contributed by atoms with Crippen molar-refractivity contribution in [2.24, 2.45) is 0 Å². The summed E-state index contributed by atoms with van der Waals surface area (Å²) in [5.74, 6) is 1.51. The Labute approximate surface area is 118 Å². The number of rotatable bonds is 7. The van der Waals surface area contributed by atoms with E-state index in [1.165, 1.54) is 0 Å². The molecular weight excluding hydrogens is 256 g/mol. The van der Waals surface area contributed by atoms with E-state index in [9.17, 15) is 0 Å². The van der Waals surface area contributed by atoms with Gasteiger partial charge in [-0.3, -0.25) is 0 Å². The maximum Gasteiger partial charge on any atom is 0.253 e. The maximum atomic E-state index is 5.76. The standard InChI is InChI=1S/C14H20N4O2/c1-4-8-15-11(5-2)14-18-17-13(20-14)10-7-6-9-16-12(10)19-3/h6-7,9,11,15H,4-5,8H2,1-3H3. The third-order valence-corrected chi connectivity index (χ3v) is 2.98. The summed E-state index contributed by atoms with van der Waals surface area (Å²) in [6.45, 7) is 5.13. The van der Waals surface area contributed by atoms with Crippen LogP contribution < -0.4 is 10.1 Å². The van der Waals surface area contributed by atoms with Gasteiger partial charge in [-0.1, -0.05) is 13.8 Å². The van der Waals surface area contributed by atoms with Crippen LogP contribution >= 0.6 is 0 Å². The predicted octanol–water partition coefficient (Wildman–Crippen LogP) is 2.59. The van der Waals surface area contributed by atoms with Crippen LogP contribution in [0.5, 0.6) is 5.88 Å². The van der Waals surface area contributed by atoms with Gasteiger partial charge >= 0.3 is 0 Å². The van der Waals surface area contributed by atoms with Gasteiger partial charge in [0.15, 0.2) is 0 Å². The van der Waals surface area contributed by atoms with Crippen LogP contribution in [-0.4, -0.2) is 28.8 Å². The monoisotopic (exact) mass is 276 g/mol. The number of nitrogens with one attached hydrogen (secondary N) is 1. The van der Waals surface area contributed by atoms with Gasteiger partial charge in [-0.2, -0.15) is 0 Å². The van der Waals surface area contributed by atoms with Gasteiger partial charge in [0.25, 0.3) is 5.89 Å². The van der Waals surface area contributed by atoms with Crippen molar-refractivity contribution in [1.29, 1.82) is 0 Å². The lowest BCUT2D eigenvalue weighted by atomic mass is 10.2. The second kappa shape index (κ2) is 7.00. The molecule has 1 N–H and O–H groups in total. The first-order valence-electron chi connectivity index (χ1n) is 6.86. The molecule has 0 saturated heterocycles. The molecule has 0 aliphatic carbocycles. The molecule has 108 valence electrons. The number of pyridine rings is 1. The van der Waals surface area contributed by atoms with Crippen molar-refractivity contribution in [1.82, 2.24) is 20.5 Å². The largest absolute Gasteiger partial charge is 0.480 e. The van der Waals surface area contributed by atoms with Crippen molar-refractivity contribution in [2.45, 2.75) is 32.7 Å². The first-order chi connectivity index (χ1) is 9.80. The summed E-state index contributed by atoms with van der Waals surface area (Å²) >= 11 is 0. The zero-order valence-electron chi connectivity index (χ0n) is 12.1. The molecule has 1 atom stereocenters. The summed E-state index contributed by atoms with van der Waals surface area (Å²) in [5, 5.41) is 11.6. The van der Waals surface area contributed by atoms with Gasteiger partial charge in [-0.15, -0.1) is 10.2 Å². The fourth-order valence-corrected chi connectivity index (χ4v) is 1.93. The lowest BCUT2D eigenvalue weighted by Gasteiger charge is -2.11. The van der Waals surface area contributed by atoms with Crippen LogP contribution in [0.15, 0.2) is 22.7 Å². The Morgan fingerprint density at radius 2 is 2.20 bits per heavy atom. The number of ether oxygens (including phenoxy) is 1. The Bertz CT molecular complexity index is 541. The van der Waals surface area contributed by atoms with Crippen molar-refractivity contribution in [3.8, 4) is 17.3 Å². The fraction of sp³-hybridized carbons (Fsp3) is 0.500. The number of hydrogen-bond donors (Lipinski definition) is 1. The van der Waals surface area contributed by atoms with Gasteiger partial charge in [0.1, 0.15) is 5.56 Å². The van der Waals surface area contributed by atoms with E-state index >= 15 is 0 Å². The van der Waals surface area contributed by atoms with Crippen molar-refractivity contribution in [3.63, 3.8) is 0 Å². The maximum absolute atomic E-state index is 5.76. The normalized spacial score (nSPS) is 12.3. The predicted molar refractivity (Wildman–Crippen MR) is 75.4 cm³/mol. The lowest BCUT2D eigenvalue weighted by Crippen LogP contribution is -2.21. The van der Waals surface area contributed by atoms with Gasteiger partial charge in [-0.05, 0) is 31.5 Å². The molecule has 0 fully saturated rings. The molecule has 2 aromatic heterocycles. The van der Waals surface area contributed by atoms with Crippen LogP contribution in [0, 0.1) is 0 Å². The van der Waals surface area contributed by atoms with Crippen molar-refractivity contribution < 1.29 is 9.15 Å². The van der Waals surface area contributed by atoms with Crippen LogP contribution in [0.4, 0.5) is 0 Å². The highest BCUT2D eigenvalue weighted by Gasteiger charge is 2.19. The number of methoxy groups -OCH3 is 1. The Balaban J connectivity index is 2.23. The highest BCUT2D eigenvalue weighted by atomic mass is 16.5. The minimum absolute atomic E-state index is 0.0823. The molecule has 6 heteroatoms. The zero-order valence-corrected chi connectivity index (χ0v) is 12.1. The summed E-state index contributed by atoms with van der Waals surface area (Å²) in [4.78, 5) is 4.13. The Morgan fingerprint density at radius 1 is 1.35 bits per heavy atom. The average molecular weight is 276 g/mol. The molecule has 0 saturated carbocycles. The van der Waals surface area contributed by atoms with E-state index in [-0.39, 0.29) is 6.04 Å². The summed E-state index contributed by atoms with van der Waals surface area (Å²) < 4.78 is 11.0. The number of aromatic nitrogens is 3. The third kappa shape index (κ3) is 3.14. The van der Waals surface area contributed by atoms with E-state index in [1.54, 1.807) is 13.3 Å². The van der Waals surface area contributed by atoms with Crippen LogP contribution in [-0.2, 0) is 0 Å². The molecule has 0 aromatic carbocycles. The van der Waals surface area contributed by atoms with E-state index < -0.39 is 0 Å². The highest BCUT2D eigenvalue weighted by molar-refractivity contribution is 5.59. The molecule has 2 heterocycles. The fourth-order valence-electron chi connectivity index (χ4n) is 1.93. The van der Waals surface area contributed by atoms with Crippen LogP contribution in [0.1, 0.15) is 38.6 Å². The Morgan fingerprint density at radius 3 is 2.90 bits per heavy atom. The quantitative estimate of drug-likeness (QED) is 0.838. The van der Waals surface area contributed by atoms with Crippen molar-refractivity contribution in [2.75, 3.05) is 13.7 Å². The Kier molecular flexibility index (Phi) is 5.06. The minimum Gasteiger partial charge on any atom is -0.480 e. The molecular formula is C14H20N4O2. The first kappa shape index (κ1) is 14.5. The molecule has 2 aromatic rings. The molecule has 6 nitrogen and oxygen atoms in total. The van der Waals surface area contributed by atoms with E-state index in [2.05, 4.69) is 34.3 Å². The van der Waals surface area contributed by atoms with Gasteiger partial charge in [0, 0.05) is 6.20 Å². The highest BCUT2D eigenvalue weighted by Crippen LogP contribution is 2.27. The molecule has 20 heavy (non-hydrogen) atoms. The molecule has 0 radical (unpaired) electrons.